The Hall–Kier alpha value is -2.13. The molecule has 3 N–H and O–H groups in total. The molecule has 1 aromatic carbocycles. The highest BCUT2D eigenvalue weighted by Gasteiger charge is 2.16. The third kappa shape index (κ3) is 7.56. The van der Waals surface area contributed by atoms with E-state index in [1.165, 1.54) is 13.5 Å². The van der Waals surface area contributed by atoms with E-state index in [9.17, 15) is 18.0 Å². The summed E-state index contributed by atoms with van der Waals surface area (Å²) in [5.74, 6) is 0.00467. The summed E-state index contributed by atoms with van der Waals surface area (Å²) >= 11 is 0. The van der Waals surface area contributed by atoms with Crippen molar-refractivity contribution in [2.75, 3.05) is 26.7 Å². The molecule has 1 aliphatic heterocycles. The van der Waals surface area contributed by atoms with E-state index in [0.717, 1.165) is 31.5 Å². The number of benzene rings is 1. The minimum atomic E-state index is -3.30. The summed E-state index contributed by atoms with van der Waals surface area (Å²) in [6.45, 7) is 2.26. The summed E-state index contributed by atoms with van der Waals surface area (Å²) in [5.41, 5.74) is 1.54. The maximum atomic E-state index is 12.0. The van der Waals surface area contributed by atoms with Crippen molar-refractivity contribution in [3.05, 3.63) is 35.4 Å². The van der Waals surface area contributed by atoms with Crippen LogP contribution in [0.25, 0.3) is 0 Å². The van der Waals surface area contributed by atoms with Gasteiger partial charge in [-0.3, -0.25) is 4.79 Å². The number of nitrogens with zero attached hydrogens (tertiary/aromatic N) is 1. The van der Waals surface area contributed by atoms with E-state index < -0.39 is 10.0 Å². The second-order valence-electron chi connectivity index (χ2n) is 6.58. The molecule has 0 aromatic heterocycles. The van der Waals surface area contributed by atoms with Crippen molar-refractivity contribution in [1.29, 1.82) is 0 Å². The molecule has 8 nitrogen and oxygen atoms in total. The molecule has 9 heteroatoms. The zero-order valence-electron chi connectivity index (χ0n) is 15.7. The summed E-state index contributed by atoms with van der Waals surface area (Å²) in [6.07, 6.45) is 3.59. The maximum Gasteiger partial charge on any atom is 0.315 e. The Balaban J connectivity index is 1.67. The summed E-state index contributed by atoms with van der Waals surface area (Å²) < 4.78 is 25.3. The third-order valence-electron chi connectivity index (χ3n) is 4.48. The molecule has 1 saturated heterocycles. The van der Waals surface area contributed by atoms with Crippen LogP contribution in [-0.2, 0) is 27.1 Å². The first kappa shape index (κ1) is 21.2. The number of urea groups is 1. The molecule has 1 aliphatic rings. The highest BCUT2D eigenvalue weighted by atomic mass is 32.2. The van der Waals surface area contributed by atoms with E-state index in [4.69, 9.17) is 0 Å². The van der Waals surface area contributed by atoms with Crippen LogP contribution in [0.1, 0.15) is 36.8 Å². The summed E-state index contributed by atoms with van der Waals surface area (Å²) in [4.78, 5) is 25.7. The van der Waals surface area contributed by atoms with Crippen molar-refractivity contribution < 1.29 is 18.0 Å². The van der Waals surface area contributed by atoms with Crippen molar-refractivity contribution in [2.24, 2.45) is 0 Å². The number of carbonyl (C=O) groups is 2. The van der Waals surface area contributed by atoms with Crippen molar-refractivity contribution >= 4 is 22.0 Å². The van der Waals surface area contributed by atoms with Crippen LogP contribution in [0.3, 0.4) is 0 Å². The van der Waals surface area contributed by atoms with Crippen molar-refractivity contribution in [1.82, 2.24) is 20.3 Å². The standard InChI is InChI=1S/C18H28N4O4S/c1-19-27(25,26)14-16-7-5-15(6-8-16)13-21-18(24)20-10-9-17(23)22-11-3-2-4-12-22/h5-8,19H,2-4,9-14H2,1H3,(H2,20,21,24). The van der Waals surface area contributed by atoms with Crippen LogP contribution < -0.4 is 15.4 Å². The van der Waals surface area contributed by atoms with Gasteiger partial charge in [0.2, 0.25) is 15.9 Å². The molecule has 27 heavy (non-hydrogen) atoms. The molecule has 0 saturated carbocycles. The molecule has 0 radical (unpaired) electrons. The summed E-state index contributed by atoms with van der Waals surface area (Å²) in [6, 6.07) is 6.67. The zero-order valence-corrected chi connectivity index (χ0v) is 16.5. The highest BCUT2D eigenvalue weighted by Crippen LogP contribution is 2.09. The minimum Gasteiger partial charge on any atom is -0.343 e. The Morgan fingerprint density at radius 2 is 1.63 bits per heavy atom. The lowest BCUT2D eigenvalue weighted by atomic mass is 10.1. The summed E-state index contributed by atoms with van der Waals surface area (Å²) in [7, 11) is -1.92. The Bertz CT molecular complexity index is 728. The Morgan fingerprint density at radius 3 is 2.26 bits per heavy atom. The smallest absolute Gasteiger partial charge is 0.315 e. The zero-order chi connectivity index (χ0) is 19.7. The molecule has 1 aromatic rings. The van der Waals surface area contributed by atoms with Gasteiger partial charge in [0.1, 0.15) is 0 Å². The molecule has 0 aliphatic carbocycles. The lowest BCUT2D eigenvalue weighted by Gasteiger charge is -2.26. The summed E-state index contributed by atoms with van der Waals surface area (Å²) in [5, 5.41) is 5.41. The van der Waals surface area contributed by atoms with Crippen LogP contribution in [0.5, 0.6) is 0 Å². The molecule has 2 rings (SSSR count). The van der Waals surface area contributed by atoms with Crippen LogP contribution in [0.4, 0.5) is 4.79 Å². The van der Waals surface area contributed by atoms with Gasteiger partial charge in [-0.2, -0.15) is 0 Å². The van der Waals surface area contributed by atoms with Crippen LogP contribution in [0, 0.1) is 0 Å². The molecule has 1 heterocycles. The van der Waals surface area contributed by atoms with E-state index in [2.05, 4.69) is 15.4 Å². The number of rotatable bonds is 8. The van der Waals surface area contributed by atoms with E-state index in [0.29, 0.717) is 25.1 Å². The van der Waals surface area contributed by atoms with Gasteiger partial charge < -0.3 is 15.5 Å². The van der Waals surface area contributed by atoms with Gasteiger partial charge in [0.25, 0.3) is 0 Å². The fraction of sp³-hybridized carbons (Fsp3) is 0.556. The van der Waals surface area contributed by atoms with E-state index in [1.54, 1.807) is 24.3 Å². The van der Waals surface area contributed by atoms with Crippen molar-refractivity contribution in [3.8, 4) is 0 Å². The largest absolute Gasteiger partial charge is 0.343 e. The van der Waals surface area contributed by atoms with Gasteiger partial charge in [0, 0.05) is 32.6 Å². The van der Waals surface area contributed by atoms with Gasteiger partial charge in [-0.15, -0.1) is 0 Å². The Kier molecular flexibility index (Phi) is 8.05. The Labute approximate surface area is 160 Å². The Morgan fingerprint density at radius 1 is 1.00 bits per heavy atom. The topological polar surface area (TPSA) is 108 Å². The van der Waals surface area contributed by atoms with Gasteiger partial charge in [0.15, 0.2) is 0 Å². The van der Waals surface area contributed by atoms with Gasteiger partial charge in [-0.05, 0) is 37.4 Å². The first-order valence-electron chi connectivity index (χ1n) is 9.18. The fourth-order valence-electron chi connectivity index (χ4n) is 2.87. The van der Waals surface area contributed by atoms with Gasteiger partial charge in [0.05, 0.1) is 5.75 Å². The molecule has 3 amide bonds. The lowest BCUT2D eigenvalue weighted by molar-refractivity contribution is -0.131. The average Bonchev–Trinajstić information content (AvgIpc) is 2.68. The van der Waals surface area contributed by atoms with E-state index in [-0.39, 0.29) is 17.7 Å². The number of likely N-dealkylation sites (tertiary alicyclic amines) is 1. The molecular weight excluding hydrogens is 368 g/mol. The van der Waals surface area contributed by atoms with Crippen molar-refractivity contribution in [3.63, 3.8) is 0 Å². The number of nitrogens with one attached hydrogen (secondary N) is 3. The first-order chi connectivity index (χ1) is 12.9. The number of sulfonamides is 1. The maximum absolute atomic E-state index is 12.0. The number of piperidine rings is 1. The monoisotopic (exact) mass is 396 g/mol. The number of carbonyl (C=O) groups excluding carboxylic acids is 2. The van der Waals surface area contributed by atoms with Crippen LogP contribution in [0.15, 0.2) is 24.3 Å². The normalized spacial score (nSPS) is 14.6. The third-order valence-corrected chi connectivity index (χ3v) is 5.81. The van der Waals surface area contributed by atoms with E-state index >= 15 is 0 Å². The van der Waals surface area contributed by atoms with Crippen LogP contribution in [0.2, 0.25) is 0 Å². The second kappa shape index (κ2) is 10.3. The predicted octanol–water partition coefficient (Wildman–Crippen LogP) is 0.938. The number of amides is 3. The van der Waals surface area contributed by atoms with Crippen LogP contribution >= 0.6 is 0 Å². The molecule has 1 fully saturated rings. The lowest BCUT2D eigenvalue weighted by Crippen LogP contribution is -2.40. The van der Waals surface area contributed by atoms with Crippen LogP contribution in [-0.4, -0.2) is 51.9 Å². The average molecular weight is 397 g/mol. The molecular formula is C18H28N4O4S. The van der Waals surface area contributed by atoms with E-state index in [1.807, 2.05) is 4.90 Å². The quantitative estimate of drug-likeness (QED) is 0.608. The SMILES string of the molecule is CNS(=O)(=O)Cc1ccc(CNC(=O)NCCC(=O)N2CCCCC2)cc1. The fourth-order valence-corrected chi connectivity index (χ4v) is 3.65. The second-order valence-corrected chi connectivity index (χ2v) is 8.51. The number of hydrogen-bond donors (Lipinski definition) is 3. The predicted molar refractivity (Wildman–Crippen MR) is 103 cm³/mol. The first-order valence-corrected chi connectivity index (χ1v) is 10.8. The number of hydrogen-bond acceptors (Lipinski definition) is 4. The highest BCUT2D eigenvalue weighted by molar-refractivity contribution is 7.88. The van der Waals surface area contributed by atoms with Gasteiger partial charge >= 0.3 is 6.03 Å². The van der Waals surface area contributed by atoms with Gasteiger partial charge in [-0.1, -0.05) is 24.3 Å². The molecule has 0 unspecified atom stereocenters. The molecule has 0 atom stereocenters. The van der Waals surface area contributed by atoms with Crippen molar-refractivity contribution in [2.45, 2.75) is 38.0 Å². The molecule has 0 bridgehead atoms. The van der Waals surface area contributed by atoms with Gasteiger partial charge in [-0.25, -0.2) is 17.9 Å². The molecule has 150 valence electrons. The molecule has 0 spiro atoms. The minimum absolute atomic E-state index is 0.0806.